The van der Waals surface area contributed by atoms with Gasteiger partial charge in [0.2, 0.25) is 5.91 Å². The van der Waals surface area contributed by atoms with E-state index in [9.17, 15) is 9.59 Å². The Morgan fingerprint density at radius 2 is 1.69 bits per heavy atom. The summed E-state index contributed by atoms with van der Waals surface area (Å²) in [6.07, 6.45) is 5.66. The van der Waals surface area contributed by atoms with Crippen LogP contribution in [0.5, 0.6) is 0 Å². The fraction of sp³-hybridized carbons (Fsp3) is 0.441. The SMILES string of the molecule is C=CC.CC.CCc1ccccc1.CN1CCCC1C(=O)Nc1nc(-c2ccc(C=O)cc2)cs1.CN1CCNCC1. The molecule has 2 aliphatic rings. The minimum atomic E-state index is -0.0563. The van der Waals surface area contributed by atoms with Crippen LogP contribution in [-0.2, 0) is 11.2 Å². The second kappa shape index (κ2) is 22.4. The molecule has 0 spiro atoms. The third kappa shape index (κ3) is 14.1. The first kappa shape index (κ1) is 36.9. The highest BCUT2D eigenvalue weighted by atomic mass is 32.1. The van der Waals surface area contributed by atoms with Crippen molar-refractivity contribution in [1.82, 2.24) is 20.1 Å². The zero-order chi connectivity index (χ0) is 31.2. The molecule has 42 heavy (non-hydrogen) atoms. The Kier molecular flexibility index (Phi) is 19.7. The average Bonchev–Trinajstić information content (AvgIpc) is 3.69. The summed E-state index contributed by atoms with van der Waals surface area (Å²) in [4.78, 5) is 31.7. The maximum absolute atomic E-state index is 12.2. The lowest BCUT2D eigenvalue weighted by Gasteiger charge is -2.21. The molecule has 2 aliphatic heterocycles. The van der Waals surface area contributed by atoms with E-state index in [0.29, 0.717) is 10.7 Å². The quantitative estimate of drug-likeness (QED) is 0.255. The Morgan fingerprint density at radius 1 is 1.07 bits per heavy atom. The third-order valence-corrected chi connectivity index (χ3v) is 7.25. The summed E-state index contributed by atoms with van der Waals surface area (Å²) >= 11 is 1.41. The van der Waals surface area contributed by atoms with Gasteiger partial charge in [-0.1, -0.05) is 81.4 Å². The highest BCUT2D eigenvalue weighted by Crippen LogP contribution is 2.26. The standard InChI is InChI=1S/C16H17N3O2S.C8H10.C5H12N2.C3H6.C2H6/c1-19-8-2-3-14(19)15(21)18-16-17-13(10-22-16)12-6-4-11(9-20)5-7-12;1-2-8-6-4-3-5-7-8;1-7-4-2-6-3-5-7;1-3-2;1-2/h4-7,9-10,14H,2-3,8H2,1H3,(H,17,18,21);3-7H,2H2,1H3;6H,2-5H2,1H3;3H,1H2,2H3;1-2H3. The van der Waals surface area contributed by atoms with Crippen LogP contribution in [0.3, 0.4) is 0 Å². The zero-order valence-corrected chi connectivity index (χ0v) is 27.3. The summed E-state index contributed by atoms with van der Waals surface area (Å²) in [6, 6.07) is 17.6. The predicted molar refractivity (Wildman–Crippen MR) is 181 cm³/mol. The molecule has 2 aromatic carbocycles. The number of hydrogen-bond acceptors (Lipinski definition) is 7. The molecule has 1 amide bonds. The van der Waals surface area contributed by atoms with Crippen molar-refractivity contribution in [3.05, 3.63) is 83.8 Å². The zero-order valence-electron chi connectivity index (χ0n) is 26.4. The van der Waals surface area contributed by atoms with Gasteiger partial charge in [-0.2, -0.15) is 0 Å². The lowest BCUT2D eigenvalue weighted by molar-refractivity contribution is -0.119. The number of benzene rings is 2. The number of aromatic nitrogens is 1. The fourth-order valence-corrected chi connectivity index (χ4v) is 4.84. The molecular weight excluding hydrogens is 542 g/mol. The molecule has 0 radical (unpaired) electrons. The van der Waals surface area contributed by atoms with E-state index in [1.165, 1.54) is 30.0 Å². The van der Waals surface area contributed by atoms with Crippen LogP contribution in [0.1, 0.15) is 56.5 Å². The Morgan fingerprint density at radius 3 is 2.14 bits per heavy atom. The first-order valence-corrected chi connectivity index (χ1v) is 15.8. The van der Waals surface area contributed by atoms with Gasteiger partial charge in [-0.3, -0.25) is 14.5 Å². The van der Waals surface area contributed by atoms with Gasteiger partial charge in [0.15, 0.2) is 5.13 Å². The van der Waals surface area contributed by atoms with Gasteiger partial charge < -0.3 is 15.5 Å². The van der Waals surface area contributed by atoms with Gasteiger partial charge in [-0.25, -0.2) is 4.98 Å². The summed E-state index contributed by atoms with van der Waals surface area (Å²) < 4.78 is 0. The molecule has 0 saturated carbocycles. The molecule has 0 bridgehead atoms. The number of thiazole rings is 1. The fourth-order valence-electron chi connectivity index (χ4n) is 4.12. The van der Waals surface area contributed by atoms with Crippen LogP contribution >= 0.6 is 11.3 Å². The highest BCUT2D eigenvalue weighted by Gasteiger charge is 2.28. The second-order valence-corrected chi connectivity index (χ2v) is 10.6. The number of aldehydes is 1. The number of hydrogen-bond donors (Lipinski definition) is 2. The van der Waals surface area contributed by atoms with E-state index < -0.39 is 0 Å². The largest absolute Gasteiger partial charge is 0.314 e. The minimum absolute atomic E-state index is 0.0113. The van der Waals surface area contributed by atoms with Gasteiger partial charge in [0.25, 0.3) is 0 Å². The van der Waals surface area contributed by atoms with Crippen molar-refractivity contribution >= 4 is 28.7 Å². The van der Waals surface area contributed by atoms with E-state index in [2.05, 4.69) is 70.2 Å². The van der Waals surface area contributed by atoms with Crippen molar-refractivity contribution in [3.63, 3.8) is 0 Å². The second-order valence-electron chi connectivity index (χ2n) is 9.71. The highest BCUT2D eigenvalue weighted by molar-refractivity contribution is 7.14. The van der Waals surface area contributed by atoms with Gasteiger partial charge in [0.05, 0.1) is 11.7 Å². The Hall–Kier alpha value is -3.17. The summed E-state index contributed by atoms with van der Waals surface area (Å²) in [5.74, 6) is 0.0113. The molecule has 1 unspecified atom stereocenters. The number of allylic oxidation sites excluding steroid dienone is 1. The molecule has 0 aliphatic carbocycles. The smallest absolute Gasteiger partial charge is 0.243 e. The molecule has 2 fully saturated rings. The maximum Gasteiger partial charge on any atom is 0.243 e. The first-order chi connectivity index (χ1) is 20.4. The summed E-state index contributed by atoms with van der Waals surface area (Å²) in [6.45, 7) is 17.1. The number of amides is 1. The number of carbonyl (C=O) groups excluding carboxylic acids is 2. The predicted octanol–water partition coefficient (Wildman–Crippen LogP) is 6.64. The van der Waals surface area contributed by atoms with Crippen LogP contribution in [0, 0.1) is 0 Å². The molecule has 230 valence electrons. The van der Waals surface area contributed by atoms with Crippen molar-refractivity contribution in [2.24, 2.45) is 0 Å². The lowest BCUT2D eigenvalue weighted by Crippen LogP contribution is -2.40. The van der Waals surface area contributed by atoms with Crippen molar-refractivity contribution in [2.45, 2.75) is 53.0 Å². The normalized spacial score (nSPS) is 16.0. The van der Waals surface area contributed by atoms with Crippen LogP contribution in [0.2, 0.25) is 0 Å². The van der Waals surface area contributed by atoms with Crippen molar-refractivity contribution in [3.8, 4) is 11.3 Å². The molecule has 3 aromatic rings. The molecule has 1 atom stereocenters. The number of piperazine rings is 1. The van der Waals surface area contributed by atoms with Crippen LogP contribution in [0.15, 0.2) is 72.6 Å². The van der Waals surface area contributed by atoms with Gasteiger partial charge in [-0.05, 0) is 52.4 Å². The van der Waals surface area contributed by atoms with E-state index >= 15 is 0 Å². The van der Waals surface area contributed by atoms with Crippen LogP contribution < -0.4 is 10.6 Å². The van der Waals surface area contributed by atoms with Crippen molar-refractivity contribution < 1.29 is 9.59 Å². The summed E-state index contributed by atoms with van der Waals surface area (Å²) in [5.41, 5.74) is 3.78. The summed E-state index contributed by atoms with van der Waals surface area (Å²) in [7, 11) is 4.12. The average molecular weight is 594 g/mol. The van der Waals surface area contributed by atoms with Gasteiger partial charge in [0.1, 0.15) is 6.29 Å². The molecular formula is C34H51N5O2S. The third-order valence-electron chi connectivity index (χ3n) is 6.49. The van der Waals surface area contributed by atoms with E-state index in [1.54, 1.807) is 18.2 Å². The molecule has 7 nitrogen and oxygen atoms in total. The number of nitrogens with one attached hydrogen (secondary N) is 2. The Bertz CT molecular complexity index is 1130. The molecule has 5 rings (SSSR count). The van der Waals surface area contributed by atoms with Crippen molar-refractivity contribution in [1.29, 1.82) is 0 Å². The van der Waals surface area contributed by atoms with Crippen LogP contribution in [-0.4, -0.2) is 79.8 Å². The number of nitrogens with zero attached hydrogens (tertiary/aromatic N) is 3. The lowest BCUT2D eigenvalue weighted by atomic mass is 10.1. The van der Waals surface area contributed by atoms with Crippen molar-refractivity contribution in [2.75, 3.05) is 52.1 Å². The number of anilines is 1. The van der Waals surface area contributed by atoms with Gasteiger partial charge in [0, 0.05) is 42.7 Å². The van der Waals surface area contributed by atoms with E-state index in [-0.39, 0.29) is 11.9 Å². The van der Waals surface area contributed by atoms with Gasteiger partial charge >= 0.3 is 0 Å². The topological polar surface area (TPSA) is 77.6 Å². The van der Waals surface area contributed by atoms with E-state index in [1.807, 2.05) is 51.4 Å². The van der Waals surface area contributed by atoms with E-state index in [0.717, 1.165) is 56.4 Å². The molecule has 3 heterocycles. The Labute approximate surface area is 258 Å². The summed E-state index contributed by atoms with van der Waals surface area (Å²) in [5, 5.41) is 8.69. The van der Waals surface area contributed by atoms with Crippen LogP contribution in [0.4, 0.5) is 5.13 Å². The monoisotopic (exact) mass is 593 g/mol. The molecule has 1 aromatic heterocycles. The maximum atomic E-state index is 12.2. The number of likely N-dealkylation sites (tertiary alicyclic amines) is 1. The minimum Gasteiger partial charge on any atom is -0.314 e. The molecule has 2 N–H and O–H groups in total. The first-order valence-electron chi connectivity index (χ1n) is 14.9. The molecule has 2 saturated heterocycles. The van der Waals surface area contributed by atoms with Crippen LogP contribution in [0.25, 0.3) is 11.3 Å². The Balaban J connectivity index is 0.000000359. The molecule has 8 heteroatoms. The van der Waals surface area contributed by atoms with E-state index in [4.69, 9.17) is 0 Å². The number of carbonyl (C=O) groups is 2. The number of likely N-dealkylation sites (N-methyl/N-ethyl adjacent to an activating group) is 2. The van der Waals surface area contributed by atoms with Gasteiger partial charge in [-0.15, -0.1) is 17.9 Å². The number of rotatable bonds is 5. The number of aryl methyl sites for hydroxylation is 1.